The molecule has 0 heterocycles. The number of sulfonamides is 1. The molecule has 0 unspecified atom stereocenters. The van der Waals surface area contributed by atoms with Crippen molar-refractivity contribution in [3.63, 3.8) is 0 Å². The Bertz CT molecular complexity index is 147. The van der Waals surface area contributed by atoms with Crippen molar-refractivity contribution in [1.82, 2.24) is 0 Å². The van der Waals surface area contributed by atoms with Crippen LogP contribution < -0.4 is 24.0 Å². The molecule has 0 radical (unpaired) electrons. The minimum Gasteiger partial charge on any atom is -1.00 e. The second-order valence-electron chi connectivity index (χ2n) is 0.850. The Morgan fingerprint density at radius 2 is 1.62 bits per heavy atom. The van der Waals surface area contributed by atoms with Crippen LogP contribution in [-0.2, 0) is 10.0 Å². The van der Waals surface area contributed by atoms with Gasteiger partial charge < -0.3 is 1.43 Å². The van der Waals surface area contributed by atoms with Crippen molar-refractivity contribution < 1.29 is 37.5 Å². The van der Waals surface area contributed by atoms with E-state index in [0.717, 1.165) is 0 Å². The van der Waals surface area contributed by atoms with Gasteiger partial charge in [-0.25, -0.2) is 13.6 Å². The first-order chi connectivity index (χ1) is 2.94. The zero-order valence-electron chi connectivity index (χ0n) is 5.14. The third-order valence-electron chi connectivity index (χ3n) is 0.248. The standard InChI is InChI=1S/CH3F2NO2S.Li.H/c2-1(3)7(4,5)6;;/h1H,(H2,4,5,6);;/q;+1;-1. The molecule has 2 N–H and O–H groups in total. The van der Waals surface area contributed by atoms with Crippen LogP contribution in [0.5, 0.6) is 0 Å². The maximum absolute atomic E-state index is 10.8. The number of rotatable bonds is 1. The van der Waals surface area contributed by atoms with E-state index in [4.69, 9.17) is 0 Å². The van der Waals surface area contributed by atoms with Crippen LogP contribution in [0, 0.1) is 0 Å². The molecule has 0 fully saturated rings. The van der Waals surface area contributed by atoms with Gasteiger partial charge in [-0.2, -0.15) is 8.78 Å². The van der Waals surface area contributed by atoms with E-state index in [1.54, 1.807) is 0 Å². The van der Waals surface area contributed by atoms with Crippen molar-refractivity contribution in [2.24, 2.45) is 5.14 Å². The van der Waals surface area contributed by atoms with Crippen molar-refractivity contribution in [3.8, 4) is 0 Å². The molecular formula is CH4F2LiNO2S. The Morgan fingerprint density at radius 3 is 1.62 bits per heavy atom. The van der Waals surface area contributed by atoms with Crippen LogP contribution >= 0.6 is 0 Å². The summed E-state index contributed by atoms with van der Waals surface area (Å²) in [4.78, 5) is 0. The fourth-order valence-electron chi connectivity index (χ4n) is 0. The summed E-state index contributed by atoms with van der Waals surface area (Å²) in [5, 5.41) is 3.90. The molecule has 0 saturated carbocycles. The van der Waals surface area contributed by atoms with E-state index in [0.29, 0.717) is 0 Å². The second-order valence-corrected chi connectivity index (χ2v) is 2.38. The second kappa shape index (κ2) is 3.40. The van der Waals surface area contributed by atoms with Gasteiger partial charge in [-0.1, -0.05) is 0 Å². The van der Waals surface area contributed by atoms with Gasteiger partial charge in [0.25, 0.3) is 10.0 Å². The zero-order chi connectivity index (χ0) is 6.08. The van der Waals surface area contributed by atoms with Crippen molar-refractivity contribution >= 4 is 10.0 Å². The molecular weight excluding hydrogens is 135 g/mol. The third-order valence-corrected chi connectivity index (χ3v) is 0.745. The largest absolute Gasteiger partial charge is 1.00 e. The van der Waals surface area contributed by atoms with Crippen molar-refractivity contribution in [2.45, 2.75) is 5.76 Å². The maximum atomic E-state index is 10.8. The molecule has 0 aromatic carbocycles. The molecule has 0 aliphatic carbocycles. The summed E-state index contributed by atoms with van der Waals surface area (Å²) in [6.45, 7) is 0. The summed E-state index contributed by atoms with van der Waals surface area (Å²) in [5.41, 5.74) is 0. The first-order valence-corrected chi connectivity index (χ1v) is 2.85. The fourth-order valence-corrected chi connectivity index (χ4v) is 0. The fraction of sp³-hybridized carbons (Fsp3) is 1.00. The normalized spacial score (nSPS) is 11.0. The van der Waals surface area contributed by atoms with Gasteiger partial charge in [0, 0.05) is 0 Å². The molecule has 7 heteroatoms. The quantitative estimate of drug-likeness (QED) is 0.385. The van der Waals surface area contributed by atoms with Gasteiger partial charge >= 0.3 is 24.6 Å². The summed E-state index contributed by atoms with van der Waals surface area (Å²) in [6.07, 6.45) is 0. The van der Waals surface area contributed by atoms with E-state index in [2.05, 4.69) is 5.14 Å². The van der Waals surface area contributed by atoms with Crippen LogP contribution in [-0.4, -0.2) is 14.2 Å². The van der Waals surface area contributed by atoms with E-state index in [9.17, 15) is 17.2 Å². The van der Waals surface area contributed by atoms with Crippen LogP contribution in [0.25, 0.3) is 0 Å². The molecule has 0 spiro atoms. The Balaban J connectivity index is -0.000000180. The van der Waals surface area contributed by atoms with Crippen LogP contribution in [0.2, 0.25) is 0 Å². The van der Waals surface area contributed by atoms with Gasteiger partial charge in [0.15, 0.2) is 0 Å². The molecule has 0 bridgehead atoms. The van der Waals surface area contributed by atoms with Gasteiger partial charge in [0.2, 0.25) is 0 Å². The first kappa shape index (κ1) is 11.2. The van der Waals surface area contributed by atoms with Crippen molar-refractivity contribution in [1.29, 1.82) is 0 Å². The molecule has 0 atom stereocenters. The average Bonchev–Trinajstić information content (AvgIpc) is 1.31. The number of primary sulfonamides is 1. The van der Waals surface area contributed by atoms with Crippen molar-refractivity contribution in [2.75, 3.05) is 0 Å². The summed E-state index contributed by atoms with van der Waals surface area (Å²) in [7, 11) is -4.57. The van der Waals surface area contributed by atoms with E-state index in [1.807, 2.05) is 0 Å². The molecule has 0 saturated heterocycles. The number of hydrogen-bond acceptors (Lipinski definition) is 2. The molecule has 8 heavy (non-hydrogen) atoms. The molecule has 3 nitrogen and oxygen atoms in total. The summed E-state index contributed by atoms with van der Waals surface area (Å²) >= 11 is 0. The Hall–Kier alpha value is 0.367. The molecule has 0 aromatic rings. The van der Waals surface area contributed by atoms with Crippen LogP contribution in [0.15, 0.2) is 0 Å². The van der Waals surface area contributed by atoms with Crippen LogP contribution in [0.4, 0.5) is 8.78 Å². The molecule has 0 rings (SSSR count). The number of nitrogens with two attached hydrogens (primary N) is 1. The van der Waals surface area contributed by atoms with E-state index in [1.165, 1.54) is 0 Å². The van der Waals surface area contributed by atoms with Gasteiger partial charge in [-0.3, -0.25) is 0 Å². The van der Waals surface area contributed by atoms with E-state index >= 15 is 0 Å². The third kappa shape index (κ3) is 4.52. The molecule has 0 aliphatic heterocycles. The van der Waals surface area contributed by atoms with E-state index < -0.39 is 15.8 Å². The van der Waals surface area contributed by atoms with Gasteiger partial charge in [-0.15, -0.1) is 0 Å². The summed E-state index contributed by atoms with van der Waals surface area (Å²) in [6, 6.07) is 0. The predicted octanol–water partition coefficient (Wildman–Crippen LogP) is -3.39. The Kier molecular flexibility index (Phi) is 4.77. The van der Waals surface area contributed by atoms with Crippen LogP contribution in [0.3, 0.4) is 0 Å². The number of halogens is 2. The molecule has 46 valence electrons. The predicted molar refractivity (Wildman–Crippen MR) is 20.2 cm³/mol. The van der Waals surface area contributed by atoms with Gasteiger partial charge in [-0.05, 0) is 0 Å². The minimum atomic E-state index is -4.57. The van der Waals surface area contributed by atoms with Gasteiger partial charge in [0.1, 0.15) is 0 Å². The maximum Gasteiger partial charge on any atom is 1.00 e. The van der Waals surface area contributed by atoms with Gasteiger partial charge in [0.05, 0.1) is 0 Å². The van der Waals surface area contributed by atoms with Crippen molar-refractivity contribution in [3.05, 3.63) is 0 Å². The molecule has 0 amide bonds. The monoisotopic (exact) mass is 139 g/mol. The van der Waals surface area contributed by atoms with Crippen LogP contribution in [0.1, 0.15) is 1.43 Å². The summed E-state index contributed by atoms with van der Waals surface area (Å²) < 4.78 is 40.4. The average molecular weight is 139 g/mol. The summed E-state index contributed by atoms with van der Waals surface area (Å²) in [5.74, 6) is -3.45. The first-order valence-electron chi connectivity index (χ1n) is 1.24. The number of hydrogen-bond donors (Lipinski definition) is 1. The smallest absolute Gasteiger partial charge is 1.00 e. The Labute approximate surface area is 59.0 Å². The minimum absolute atomic E-state index is 0. The molecule has 0 aromatic heterocycles. The zero-order valence-corrected chi connectivity index (χ0v) is 4.95. The van der Waals surface area contributed by atoms with E-state index in [-0.39, 0.29) is 20.3 Å². The number of alkyl halides is 2. The Morgan fingerprint density at radius 1 is 1.50 bits per heavy atom. The topological polar surface area (TPSA) is 60.2 Å². The molecule has 0 aliphatic rings. The SMILES string of the molecule is NS(=O)(=O)C(F)F.[H-].[Li+].